The summed E-state index contributed by atoms with van der Waals surface area (Å²) in [5.74, 6) is 0.162. The van der Waals surface area contributed by atoms with E-state index in [9.17, 15) is 4.79 Å². The van der Waals surface area contributed by atoms with Gasteiger partial charge in [0.25, 0.3) is 0 Å². The molecule has 0 saturated carbocycles. The van der Waals surface area contributed by atoms with Crippen LogP contribution in [0.5, 0.6) is 0 Å². The van der Waals surface area contributed by atoms with Gasteiger partial charge in [-0.25, -0.2) is 4.79 Å². The monoisotopic (exact) mass is 418 g/mol. The molecule has 2 heterocycles. The maximum absolute atomic E-state index is 12.3. The summed E-state index contributed by atoms with van der Waals surface area (Å²) in [5.41, 5.74) is 1.71. The van der Waals surface area contributed by atoms with Gasteiger partial charge in [0.2, 0.25) is 0 Å². The van der Waals surface area contributed by atoms with Crippen molar-refractivity contribution in [3.63, 3.8) is 0 Å². The van der Waals surface area contributed by atoms with Crippen LogP contribution >= 0.6 is 23.2 Å². The third-order valence-corrected chi connectivity index (χ3v) is 5.66. The van der Waals surface area contributed by atoms with Crippen molar-refractivity contribution in [3.05, 3.63) is 70.2 Å². The van der Waals surface area contributed by atoms with Crippen LogP contribution in [0, 0.1) is 5.92 Å². The molecule has 7 heteroatoms. The van der Waals surface area contributed by atoms with Gasteiger partial charge in [0.1, 0.15) is 6.10 Å². The zero-order valence-electron chi connectivity index (χ0n) is 15.0. The van der Waals surface area contributed by atoms with Gasteiger partial charge in [0.15, 0.2) is 0 Å². The van der Waals surface area contributed by atoms with Crippen molar-refractivity contribution in [2.24, 2.45) is 5.92 Å². The minimum Gasteiger partial charge on any atom is -0.373 e. The van der Waals surface area contributed by atoms with Crippen LogP contribution in [0.2, 0.25) is 10.0 Å². The maximum Gasteiger partial charge on any atom is 0.319 e. The fourth-order valence-electron chi connectivity index (χ4n) is 3.53. The van der Waals surface area contributed by atoms with Crippen LogP contribution in [0.15, 0.2) is 54.6 Å². The van der Waals surface area contributed by atoms with Gasteiger partial charge >= 0.3 is 6.03 Å². The lowest BCUT2D eigenvalue weighted by atomic mass is 9.99. The van der Waals surface area contributed by atoms with E-state index in [2.05, 4.69) is 34.9 Å². The molecule has 0 aromatic heterocycles. The first-order valence-corrected chi connectivity index (χ1v) is 9.85. The van der Waals surface area contributed by atoms with Gasteiger partial charge in [0.05, 0.1) is 35.4 Å². The second-order valence-corrected chi connectivity index (χ2v) is 7.68. The Kier molecular flexibility index (Phi) is 5.87. The summed E-state index contributed by atoms with van der Waals surface area (Å²) in [6.45, 7) is 0.991. The van der Waals surface area contributed by atoms with Crippen LogP contribution in [0.1, 0.15) is 5.56 Å². The highest BCUT2D eigenvalue weighted by Crippen LogP contribution is 2.32. The number of benzene rings is 2. The normalized spacial score (nSPS) is 26.4. The largest absolute Gasteiger partial charge is 0.373 e. The zero-order valence-corrected chi connectivity index (χ0v) is 16.5. The molecule has 2 aliphatic rings. The number of carbonyl (C=O) groups excluding carboxylic acids is 1. The summed E-state index contributed by atoms with van der Waals surface area (Å²) in [5, 5.41) is 6.51. The highest BCUT2D eigenvalue weighted by Gasteiger charge is 2.47. The van der Waals surface area contributed by atoms with Crippen LogP contribution < -0.4 is 10.6 Å². The van der Waals surface area contributed by atoms with Gasteiger partial charge in [-0.2, -0.15) is 0 Å². The molecule has 2 saturated heterocycles. The molecule has 2 N–H and O–H groups in total. The van der Waals surface area contributed by atoms with Crippen molar-refractivity contribution < 1.29 is 14.3 Å². The number of halogens is 2. The molecule has 146 valence electrons. The van der Waals surface area contributed by atoms with E-state index < -0.39 is 0 Å². The highest BCUT2D eigenvalue weighted by molar-refractivity contribution is 6.42. The number of fused-ring (bicyclic) bond motifs is 1. The fourth-order valence-corrected chi connectivity index (χ4v) is 3.82. The van der Waals surface area contributed by atoms with Crippen molar-refractivity contribution in [2.75, 3.05) is 18.5 Å². The molecule has 2 aliphatic heterocycles. The van der Waals surface area contributed by atoms with Crippen LogP contribution in [0.25, 0.3) is 6.08 Å². The number of anilines is 1. The molecule has 0 bridgehead atoms. The second kappa shape index (κ2) is 8.53. The van der Waals surface area contributed by atoms with Crippen LogP contribution in [0.4, 0.5) is 10.5 Å². The number of hydrogen-bond donors (Lipinski definition) is 2. The van der Waals surface area contributed by atoms with E-state index in [1.54, 1.807) is 18.2 Å². The summed E-state index contributed by atoms with van der Waals surface area (Å²) < 4.78 is 11.8. The van der Waals surface area contributed by atoms with Crippen molar-refractivity contribution in [3.8, 4) is 0 Å². The number of hydrogen-bond acceptors (Lipinski definition) is 3. The van der Waals surface area contributed by atoms with Gasteiger partial charge in [-0.05, 0) is 23.8 Å². The Hall–Kier alpha value is -2.05. The SMILES string of the molecule is O=C(Nc1ccc(Cl)c(Cl)c1)N[C@H]1COC2[C@H](/C=C\c3ccccc3)CO[C@@H]21. The lowest BCUT2D eigenvalue weighted by molar-refractivity contribution is 0.0662. The predicted octanol–water partition coefficient (Wildman–Crippen LogP) is 4.61. The maximum atomic E-state index is 12.3. The topological polar surface area (TPSA) is 59.6 Å². The molecule has 0 radical (unpaired) electrons. The Morgan fingerprint density at radius 1 is 1.00 bits per heavy atom. The summed E-state index contributed by atoms with van der Waals surface area (Å²) >= 11 is 11.9. The van der Waals surface area contributed by atoms with Crippen molar-refractivity contribution >= 4 is 41.0 Å². The molecule has 2 amide bonds. The summed E-state index contributed by atoms with van der Waals surface area (Å²) in [6, 6.07) is 14.5. The summed E-state index contributed by atoms with van der Waals surface area (Å²) in [6.07, 6.45) is 3.98. The zero-order chi connectivity index (χ0) is 19.5. The van der Waals surface area contributed by atoms with Gasteiger partial charge in [0, 0.05) is 11.6 Å². The van der Waals surface area contributed by atoms with Crippen molar-refractivity contribution in [1.29, 1.82) is 0 Å². The molecular weight excluding hydrogens is 399 g/mol. The lowest BCUT2D eigenvalue weighted by Gasteiger charge is -2.18. The van der Waals surface area contributed by atoms with Crippen LogP contribution in [-0.4, -0.2) is 37.5 Å². The van der Waals surface area contributed by atoms with Gasteiger partial charge < -0.3 is 20.1 Å². The second-order valence-electron chi connectivity index (χ2n) is 6.86. The molecule has 28 heavy (non-hydrogen) atoms. The predicted molar refractivity (Wildman–Crippen MR) is 111 cm³/mol. The van der Waals surface area contributed by atoms with E-state index in [0.717, 1.165) is 5.56 Å². The quantitative estimate of drug-likeness (QED) is 0.761. The molecule has 4 atom stereocenters. The minimum absolute atomic E-state index is 0.0600. The number of ether oxygens (including phenoxy) is 2. The number of urea groups is 1. The average Bonchev–Trinajstić information content (AvgIpc) is 3.27. The Bertz CT molecular complexity index is 875. The van der Waals surface area contributed by atoms with E-state index in [1.165, 1.54) is 0 Å². The third-order valence-electron chi connectivity index (χ3n) is 4.92. The first-order chi connectivity index (χ1) is 13.6. The third kappa shape index (κ3) is 4.33. The molecule has 1 unspecified atom stereocenters. The number of rotatable bonds is 4. The Morgan fingerprint density at radius 2 is 1.79 bits per heavy atom. The Morgan fingerprint density at radius 3 is 2.57 bits per heavy atom. The molecule has 0 spiro atoms. The fraction of sp³-hybridized carbons (Fsp3) is 0.286. The Labute approximate surface area is 173 Å². The average molecular weight is 419 g/mol. The number of carbonyl (C=O) groups is 1. The number of nitrogens with one attached hydrogen (secondary N) is 2. The van der Waals surface area contributed by atoms with Crippen LogP contribution in [-0.2, 0) is 9.47 Å². The van der Waals surface area contributed by atoms with E-state index >= 15 is 0 Å². The first-order valence-electron chi connectivity index (χ1n) is 9.09. The minimum atomic E-state index is -0.334. The molecule has 2 aromatic carbocycles. The molecule has 0 aliphatic carbocycles. The summed E-state index contributed by atoms with van der Waals surface area (Å²) in [4.78, 5) is 12.3. The molecule has 4 rings (SSSR count). The lowest BCUT2D eigenvalue weighted by Crippen LogP contribution is -2.45. The smallest absolute Gasteiger partial charge is 0.319 e. The Balaban J connectivity index is 1.33. The van der Waals surface area contributed by atoms with Crippen LogP contribution in [0.3, 0.4) is 0 Å². The van der Waals surface area contributed by atoms with Gasteiger partial charge in [-0.1, -0.05) is 65.7 Å². The van der Waals surface area contributed by atoms with E-state index in [0.29, 0.717) is 28.9 Å². The van der Waals surface area contributed by atoms with Crippen molar-refractivity contribution in [2.45, 2.75) is 18.2 Å². The molecule has 2 fully saturated rings. The van der Waals surface area contributed by atoms with E-state index in [-0.39, 0.29) is 30.2 Å². The first kappa shape index (κ1) is 19.3. The highest BCUT2D eigenvalue weighted by atomic mass is 35.5. The van der Waals surface area contributed by atoms with E-state index in [4.69, 9.17) is 32.7 Å². The van der Waals surface area contributed by atoms with Crippen molar-refractivity contribution in [1.82, 2.24) is 5.32 Å². The molecular formula is C21H20Cl2N2O3. The van der Waals surface area contributed by atoms with Gasteiger partial charge in [-0.15, -0.1) is 0 Å². The standard InChI is InChI=1S/C21H20Cl2N2O3/c22-16-9-8-15(10-17(16)23)24-21(26)25-18-12-28-19-14(11-27-20(18)19)7-6-13-4-2-1-3-5-13/h1-10,14,18-20H,11-12H2,(H2,24,25,26)/b7-6-/t14-,18+,19?,20-/m1/s1. The van der Waals surface area contributed by atoms with E-state index in [1.807, 2.05) is 18.2 Å². The molecule has 2 aromatic rings. The number of amides is 2. The molecule has 5 nitrogen and oxygen atoms in total. The summed E-state index contributed by atoms with van der Waals surface area (Å²) in [7, 11) is 0. The van der Waals surface area contributed by atoms with Gasteiger partial charge in [-0.3, -0.25) is 0 Å².